The summed E-state index contributed by atoms with van der Waals surface area (Å²) >= 11 is 1.20. The van der Waals surface area contributed by atoms with Crippen molar-refractivity contribution in [1.82, 2.24) is 10.2 Å². The minimum Gasteiger partial charge on any atom is -0.497 e. The zero-order chi connectivity index (χ0) is 17.6. The lowest BCUT2D eigenvalue weighted by molar-refractivity contribution is -0.113. The summed E-state index contributed by atoms with van der Waals surface area (Å²) in [6.07, 6.45) is 0. The van der Waals surface area contributed by atoms with Gasteiger partial charge in [0.05, 0.1) is 12.9 Å². The van der Waals surface area contributed by atoms with E-state index in [2.05, 4.69) is 15.5 Å². The molecule has 1 N–H and O–H groups in total. The number of methoxy groups -OCH3 is 1. The molecule has 1 heterocycles. The van der Waals surface area contributed by atoms with E-state index in [0.717, 1.165) is 16.8 Å². The molecule has 0 aliphatic heterocycles. The summed E-state index contributed by atoms with van der Waals surface area (Å²) < 4.78 is 10.8. The first-order chi connectivity index (χ1) is 12.2. The lowest BCUT2D eigenvalue weighted by Gasteiger charge is -2.06. The number of nitrogens with one attached hydrogen (secondary N) is 1. The number of para-hydroxylation sites is 1. The van der Waals surface area contributed by atoms with Crippen LogP contribution in [-0.2, 0) is 4.79 Å². The molecule has 1 aromatic heterocycles. The number of rotatable bonds is 6. The predicted molar refractivity (Wildman–Crippen MR) is 96.8 cm³/mol. The number of hydrogen-bond acceptors (Lipinski definition) is 6. The number of amides is 1. The first kappa shape index (κ1) is 17.0. The van der Waals surface area contributed by atoms with Gasteiger partial charge in [-0.25, -0.2) is 0 Å². The van der Waals surface area contributed by atoms with E-state index in [1.807, 2.05) is 55.5 Å². The number of aryl methyl sites for hydroxylation is 1. The summed E-state index contributed by atoms with van der Waals surface area (Å²) in [6.45, 7) is 1.95. The summed E-state index contributed by atoms with van der Waals surface area (Å²) in [5, 5.41) is 11.2. The Morgan fingerprint density at radius 3 is 2.84 bits per heavy atom. The minimum absolute atomic E-state index is 0.125. The molecular weight excluding hydrogens is 338 g/mol. The van der Waals surface area contributed by atoms with Gasteiger partial charge < -0.3 is 14.5 Å². The van der Waals surface area contributed by atoms with Gasteiger partial charge >= 0.3 is 0 Å². The molecular formula is C18H17N3O3S. The fourth-order valence-corrected chi connectivity index (χ4v) is 2.73. The van der Waals surface area contributed by atoms with Crippen molar-refractivity contribution < 1.29 is 13.9 Å². The molecule has 0 aliphatic carbocycles. The first-order valence-electron chi connectivity index (χ1n) is 7.62. The average Bonchev–Trinajstić information content (AvgIpc) is 3.11. The minimum atomic E-state index is -0.125. The molecule has 0 atom stereocenters. The van der Waals surface area contributed by atoms with E-state index in [1.54, 1.807) is 7.11 Å². The van der Waals surface area contributed by atoms with E-state index in [-0.39, 0.29) is 11.7 Å². The Hall–Kier alpha value is -2.80. The fraction of sp³-hybridized carbons (Fsp3) is 0.167. The van der Waals surface area contributed by atoms with E-state index in [9.17, 15) is 4.79 Å². The zero-order valence-corrected chi connectivity index (χ0v) is 14.7. The van der Waals surface area contributed by atoms with Gasteiger partial charge in [-0.1, -0.05) is 36.0 Å². The van der Waals surface area contributed by atoms with Crippen molar-refractivity contribution in [3.8, 4) is 17.2 Å². The van der Waals surface area contributed by atoms with Crippen LogP contribution in [0.1, 0.15) is 5.56 Å². The lowest BCUT2D eigenvalue weighted by Crippen LogP contribution is -2.14. The number of ether oxygens (including phenoxy) is 1. The summed E-state index contributed by atoms with van der Waals surface area (Å²) in [4.78, 5) is 12.1. The van der Waals surface area contributed by atoms with Crippen LogP contribution < -0.4 is 10.1 Å². The van der Waals surface area contributed by atoms with Crippen LogP contribution in [0.4, 0.5) is 5.69 Å². The van der Waals surface area contributed by atoms with Crippen molar-refractivity contribution in [3.05, 3.63) is 54.1 Å². The van der Waals surface area contributed by atoms with E-state index < -0.39 is 0 Å². The van der Waals surface area contributed by atoms with E-state index in [0.29, 0.717) is 16.9 Å². The maximum Gasteiger partial charge on any atom is 0.277 e. The number of carbonyl (C=O) groups excluding carboxylic acids is 1. The molecule has 1 amide bonds. The quantitative estimate of drug-likeness (QED) is 0.678. The molecule has 0 saturated carbocycles. The largest absolute Gasteiger partial charge is 0.497 e. The van der Waals surface area contributed by atoms with Gasteiger partial charge in [-0.2, -0.15) is 0 Å². The average molecular weight is 355 g/mol. The third-order valence-electron chi connectivity index (χ3n) is 3.47. The first-order valence-corrected chi connectivity index (χ1v) is 8.60. The Morgan fingerprint density at radius 2 is 2.04 bits per heavy atom. The maximum absolute atomic E-state index is 12.1. The third kappa shape index (κ3) is 4.39. The lowest BCUT2D eigenvalue weighted by atomic mass is 10.2. The molecule has 3 rings (SSSR count). The van der Waals surface area contributed by atoms with Crippen molar-refractivity contribution >= 4 is 23.4 Å². The predicted octanol–water partition coefficient (Wildman–Crippen LogP) is 3.78. The molecule has 0 unspecified atom stereocenters. The highest BCUT2D eigenvalue weighted by atomic mass is 32.2. The Morgan fingerprint density at radius 1 is 1.20 bits per heavy atom. The topological polar surface area (TPSA) is 77.2 Å². The Bertz CT molecular complexity index is 879. The summed E-state index contributed by atoms with van der Waals surface area (Å²) in [7, 11) is 1.60. The zero-order valence-electron chi connectivity index (χ0n) is 13.9. The van der Waals surface area contributed by atoms with E-state index in [1.165, 1.54) is 11.8 Å². The van der Waals surface area contributed by atoms with Crippen molar-refractivity contribution in [1.29, 1.82) is 0 Å². The number of hydrogen-bond donors (Lipinski definition) is 1. The van der Waals surface area contributed by atoms with Crippen molar-refractivity contribution in [3.63, 3.8) is 0 Å². The molecule has 6 nitrogen and oxygen atoms in total. The molecule has 7 heteroatoms. The van der Waals surface area contributed by atoms with Gasteiger partial charge in [-0.15, -0.1) is 10.2 Å². The second-order valence-electron chi connectivity index (χ2n) is 5.26. The number of thioether (sulfide) groups is 1. The third-order valence-corrected chi connectivity index (χ3v) is 4.29. The van der Waals surface area contributed by atoms with E-state index in [4.69, 9.17) is 9.15 Å². The smallest absolute Gasteiger partial charge is 0.277 e. The number of benzene rings is 2. The van der Waals surface area contributed by atoms with Gasteiger partial charge in [0.2, 0.25) is 11.8 Å². The van der Waals surface area contributed by atoms with Crippen LogP contribution in [0.5, 0.6) is 5.75 Å². The van der Waals surface area contributed by atoms with Gasteiger partial charge in [0, 0.05) is 11.3 Å². The number of anilines is 1. The Labute approximate surface area is 149 Å². The molecule has 128 valence electrons. The second-order valence-corrected chi connectivity index (χ2v) is 6.18. The van der Waals surface area contributed by atoms with Crippen LogP contribution in [0, 0.1) is 6.92 Å². The standard InChI is InChI=1S/C18H17N3O3S/c1-12-6-3-4-9-15(12)19-16(22)11-25-18-21-20-17(24-18)13-7-5-8-14(10-13)23-2/h3-10H,11H2,1-2H3,(H,19,22). The fourth-order valence-electron chi connectivity index (χ4n) is 2.17. The normalized spacial score (nSPS) is 10.5. The molecule has 0 radical (unpaired) electrons. The Balaban J connectivity index is 1.60. The van der Waals surface area contributed by atoms with Crippen LogP contribution in [0.15, 0.2) is 58.2 Å². The molecule has 25 heavy (non-hydrogen) atoms. The number of nitrogens with zero attached hydrogens (tertiary/aromatic N) is 2. The molecule has 0 bridgehead atoms. The van der Waals surface area contributed by atoms with Gasteiger partial charge in [0.25, 0.3) is 5.22 Å². The van der Waals surface area contributed by atoms with Gasteiger partial charge in [0.15, 0.2) is 0 Å². The highest BCUT2D eigenvalue weighted by molar-refractivity contribution is 7.99. The highest BCUT2D eigenvalue weighted by Crippen LogP contribution is 2.26. The summed E-state index contributed by atoms with van der Waals surface area (Å²) in [5.74, 6) is 1.16. The van der Waals surface area contributed by atoms with Gasteiger partial charge in [-0.05, 0) is 36.8 Å². The monoisotopic (exact) mass is 355 g/mol. The molecule has 0 spiro atoms. The van der Waals surface area contributed by atoms with Gasteiger partial charge in [-0.3, -0.25) is 4.79 Å². The number of carbonyl (C=O) groups is 1. The van der Waals surface area contributed by atoms with Crippen LogP contribution in [0.25, 0.3) is 11.5 Å². The highest BCUT2D eigenvalue weighted by Gasteiger charge is 2.12. The number of aromatic nitrogens is 2. The van der Waals surface area contributed by atoms with Crippen LogP contribution in [0.3, 0.4) is 0 Å². The summed E-state index contributed by atoms with van der Waals surface area (Å²) in [6, 6.07) is 15.0. The van der Waals surface area contributed by atoms with Crippen molar-refractivity contribution in [2.24, 2.45) is 0 Å². The summed E-state index contributed by atoms with van der Waals surface area (Å²) in [5.41, 5.74) is 2.58. The van der Waals surface area contributed by atoms with Crippen molar-refractivity contribution in [2.45, 2.75) is 12.1 Å². The molecule has 3 aromatic rings. The second kappa shape index (κ2) is 7.85. The van der Waals surface area contributed by atoms with Crippen LogP contribution in [0.2, 0.25) is 0 Å². The molecule has 0 fully saturated rings. The van der Waals surface area contributed by atoms with E-state index >= 15 is 0 Å². The van der Waals surface area contributed by atoms with Crippen LogP contribution in [-0.4, -0.2) is 29.0 Å². The van der Waals surface area contributed by atoms with Crippen LogP contribution >= 0.6 is 11.8 Å². The molecule has 2 aromatic carbocycles. The SMILES string of the molecule is COc1cccc(-c2nnc(SCC(=O)Nc3ccccc3C)o2)c1. The Kier molecular flexibility index (Phi) is 5.35. The van der Waals surface area contributed by atoms with Gasteiger partial charge in [0.1, 0.15) is 5.75 Å². The molecule has 0 saturated heterocycles. The maximum atomic E-state index is 12.1. The molecule has 0 aliphatic rings. The van der Waals surface area contributed by atoms with Crippen molar-refractivity contribution in [2.75, 3.05) is 18.2 Å².